The van der Waals surface area contributed by atoms with Crippen LogP contribution in [0.4, 0.5) is 4.79 Å². The number of hydrogen-bond donors (Lipinski definition) is 1. The standard InChI is InChI=1S/C13H20N2O3S/c1-2-3-4-5-7-10-12(17)15(13(18)19-10)9-6-8-11(14)16/h7H,2-6,8-9H2,1H3,(H2,14,16)/b10-7-. The van der Waals surface area contributed by atoms with Crippen LogP contribution in [-0.2, 0) is 9.59 Å². The summed E-state index contributed by atoms with van der Waals surface area (Å²) in [7, 11) is 0. The fraction of sp³-hybridized carbons (Fsp3) is 0.615. The summed E-state index contributed by atoms with van der Waals surface area (Å²) in [5.74, 6) is -0.655. The van der Waals surface area contributed by atoms with E-state index in [0.29, 0.717) is 11.3 Å². The average molecular weight is 284 g/mol. The molecule has 1 fully saturated rings. The van der Waals surface area contributed by atoms with Crippen LogP contribution in [0.15, 0.2) is 11.0 Å². The van der Waals surface area contributed by atoms with E-state index in [1.165, 1.54) is 4.90 Å². The third kappa shape index (κ3) is 5.06. The van der Waals surface area contributed by atoms with Crippen LogP contribution in [0, 0.1) is 0 Å². The van der Waals surface area contributed by atoms with Crippen LogP contribution >= 0.6 is 11.8 Å². The van der Waals surface area contributed by atoms with Crippen molar-refractivity contribution in [2.75, 3.05) is 6.54 Å². The number of rotatable bonds is 8. The van der Waals surface area contributed by atoms with E-state index in [1.807, 2.05) is 6.08 Å². The molecule has 3 amide bonds. The summed E-state index contributed by atoms with van der Waals surface area (Å²) in [5, 5.41) is -0.254. The number of thioether (sulfide) groups is 1. The van der Waals surface area contributed by atoms with Crippen molar-refractivity contribution in [3.63, 3.8) is 0 Å². The van der Waals surface area contributed by atoms with Gasteiger partial charge in [-0.3, -0.25) is 19.3 Å². The molecule has 106 valence electrons. The molecule has 1 rings (SSSR count). The Labute approximate surface area is 117 Å². The minimum absolute atomic E-state index is 0.192. The zero-order chi connectivity index (χ0) is 14.3. The maximum Gasteiger partial charge on any atom is 0.293 e. The molecule has 0 spiro atoms. The number of primary amides is 1. The highest BCUT2D eigenvalue weighted by molar-refractivity contribution is 8.18. The van der Waals surface area contributed by atoms with Gasteiger partial charge in [-0.2, -0.15) is 0 Å². The Morgan fingerprint density at radius 2 is 2.05 bits per heavy atom. The Morgan fingerprint density at radius 3 is 2.68 bits per heavy atom. The second-order valence-corrected chi connectivity index (χ2v) is 5.45. The molecule has 1 heterocycles. The third-order valence-electron chi connectivity index (χ3n) is 2.82. The maximum absolute atomic E-state index is 12.0. The molecule has 0 saturated carbocycles. The van der Waals surface area contributed by atoms with Gasteiger partial charge in [-0.05, 0) is 31.0 Å². The fourth-order valence-corrected chi connectivity index (χ4v) is 2.64. The van der Waals surface area contributed by atoms with Crippen molar-refractivity contribution in [2.24, 2.45) is 5.73 Å². The zero-order valence-corrected chi connectivity index (χ0v) is 12.0. The summed E-state index contributed by atoms with van der Waals surface area (Å²) in [6.07, 6.45) is 6.57. The molecule has 0 unspecified atom stereocenters. The zero-order valence-electron chi connectivity index (χ0n) is 11.2. The van der Waals surface area contributed by atoms with E-state index in [4.69, 9.17) is 5.73 Å². The van der Waals surface area contributed by atoms with Crippen molar-refractivity contribution in [3.8, 4) is 0 Å². The molecule has 5 nitrogen and oxygen atoms in total. The van der Waals surface area contributed by atoms with Gasteiger partial charge in [0.25, 0.3) is 11.1 Å². The molecule has 6 heteroatoms. The molecule has 0 aliphatic carbocycles. The SMILES string of the molecule is CCCCC/C=C1\SC(=O)N(CCCC(N)=O)C1=O. The first kappa shape index (κ1) is 15.8. The van der Waals surface area contributed by atoms with Gasteiger partial charge in [-0.25, -0.2) is 0 Å². The first-order valence-corrected chi connectivity index (χ1v) is 7.40. The van der Waals surface area contributed by atoms with E-state index in [2.05, 4.69) is 6.92 Å². The normalized spacial score (nSPS) is 17.5. The molecular formula is C13H20N2O3S. The molecule has 1 aliphatic rings. The second-order valence-electron chi connectivity index (χ2n) is 4.46. The molecule has 0 radical (unpaired) electrons. The number of imide groups is 1. The quantitative estimate of drug-likeness (QED) is 0.548. The predicted molar refractivity (Wildman–Crippen MR) is 75.4 cm³/mol. The number of amides is 3. The van der Waals surface area contributed by atoms with Gasteiger partial charge in [-0.15, -0.1) is 0 Å². The Bertz CT molecular complexity index is 393. The smallest absolute Gasteiger partial charge is 0.293 e. The van der Waals surface area contributed by atoms with Gasteiger partial charge in [-0.1, -0.05) is 25.8 Å². The Balaban J connectivity index is 2.46. The minimum atomic E-state index is -0.415. The van der Waals surface area contributed by atoms with E-state index in [9.17, 15) is 14.4 Å². The molecule has 1 aliphatic heterocycles. The minimum Gasteiger partial charge on any atom is -0.370 e. The van der Waals surface area contributed by atoms with Crippen LogP contribution in [-0.4, -0.2) is 28.5 Å². The van der Waals surface area contributed by atoms with Gasteiger partial charge in [0, 0.05) is 13.0 Å². The van der Waals surface area contributed by atoms with Gasteiger partial charge in [0.15, 0.2) is 0 Å². The van der Waals surface area contributed by atoms with Crippen LogP contribution in [0.1, 0.15) is 45.4 Å². The lowest BCUT2D eigenvalue weighted by molar-refractivity contribution is -0.123. The number of nitrogens with two attached hydrogens (primary N) is 1. The highest BCUT2D eigenvalue weighted by atomic mass is 32.2. The van der Waals surface area contributed by atoms with E-state index < -0.39 is 5.91 Å². The van der Waals surface area contributed by atoms with Crippen LogP contribution in [0.25, 0.3) is 0 Å². The largest absolute Gasteiger partial charge is 0.370 e. The highest BCUT2D eigenvalue weighted by Gasteiger charge is 2.34. The molecule has 0 atom stereocenters. The van der Waals surface area contributed by atoms with Gasteiger partial charge < -0.3 is 5.73 Å². The topological polar surface area (TPSA) is 80.5 Å². The number of carbonyl (C=O) groups excluding carboxylic acids is 3. The fourth-order valence-electron chi connectivity index (χ4n) is 1.77. The molecule has 1 saturated heterocycles. The predicted octanol–water partition coefficient (Wildman–Crippen LogP) is 2.41. The Hall–Kier alpha value is -1.30. The first-order chi connectivity index (χ1) is 9.06. The molecule has 0 aromatic heterocycles. The van der Waals surface area contributed by atoms with Crippen molar-refractivity contribution >= 4 is 28.8 Å². The number of allylic oxidation sites excluding steroid dienone is 1. The van der Waals surface area contributed by atoms with Crippen molar-refractivity contribution in [1.82, 2.24) is 4.90 Å². The first-order valence-electron chi connectivity index (χ1n) is 6.58. The van der Waals surface area contributed by atoms with E-state index in [0.717, 1.165) is 37.4 Å². The monoisotopic (exact) mass is 284 g/mol. The van der Waals surface area contributed by atoms with E-state index in [-0.39, 0.29) is 24.1 Å². The van der Waals surface area contributed by atoms with Crippen LogP contribution in [0.5, 0.6) is 0 Å². The van der Waals surface area contributed by atoms with Crippen LogP contribution in [0.3, 0.4) is 0 Å². The van der Waals surface area contributed by atoms with Crippen LogP contribution in [0.2, 0.25) is 0 Å². The van der Waals surface area contributed by atoms with Crippen molar-refractivity contribution in [1.29, 1.82) is 0 Å². The van der Waals surface area contributed by atoms with Crippen molar-refractivity contribution in [3.05, 3.63) is 11.0 Å². The second kappa shape index (κ2) is 7.99. The lowest BCUT2D eigenvalue weighted by atomic mass is 10.2. The molecule has 2 N–H and O–H groups in total. The number of nitrogens with zero attached hydrogens (tertiary/aromatic N) is 1. The van der Waals surface area contributed by atoms with E-state index in [1.54, 1.807) is 0 Å². The molecular weight excluding hydrogens is 264 g/mol. The highest BCUT2D eigenvalue weighted by Crippen LogP contribution is 2.31. The van der Waals surface area contributed by atoms with Crippen LogP contribution < -0.4 is 5.73 Å². The van der Waals surface area contributed by atoms with Gasteiger partial charge in [0.2, 0.25) is 5.91 Å². The van der Waals surface area contributed by atoms with E-state index >= 15 is 0 Å². The van der Waals surface area contributed by atoms with Gasteiger partial charge >= 0.3 is 0 Å². The Morgan fingerprint density at radius 1 is 1.32 bits per heavy atom. The summed E-state index contributed by atoms with van der Waals surface area (Å²) >= 11 is 0.981. The number of hydrogen-bond acceptors (Lipinski definition) is 4. The molecule has 0 bridgehead atoms. The van der Waals surface area contributed by atoms with Gasteiger partial charge in [0.05, 0.1) is 4.91 Å². The third-order valence-corrected chi connectivity index (χ3v) is 3.77. The molecule has 0 aromatic carbocycles. The maximum atomic E-state index is 12.0. The summed E-state index contributed by atoms with van der Waals surface area (Å²) in [5.41, 5.74) is 5.02. The van der Waals surface area contributed by atoms with Crippen molar-refractivity contribution < 1.29 is 14.4 Å². The summed E-state index contributed by atoms with van der Waals surface area (Å²) in [6.45, 7) is 2.38. The number of carbonyl (C=O) groups is 3. The lowest BCUT2D eigenvalue weighted by Crippen LogP contribution is -2.29. The average Bonchev–Trinajstić information content (AvgIpc) is 2.62. The molecule has 19 heavy (non-hydrogen) atoms. The summed E-state index contributed by atoms with van der Waals surface area (Å²) < 4.78 is 0. The molecule has 0 aromatic rings. The summed E-state index contributed by atoms with van der Waals surface area (Å²) in [6, 6.07) is 0. The summed E-state index contributed by atoms with van der Waals surface area (Å²) in [4.78, 5) is 36.0. The Kier molecular flexibility index (Phi) is 6.62. The lowest BCUT2D eigenvalue weighted by Gasteiger charge is -2.10. The number of unbranched alkanes of at least 4 members (excludes halogenated alkanes) is 3. The van der Waals surface area contributed by atoms with Crippen molar-refractivity contribution in [2.45, 2.75) is 45.4 Å². The van der Waals surface area contributed by atoms with Gasteiger partial charge in [0.1, 0.15) is 0 Å².